The van der Waals surface area contributed by atoms with Gasteiger partial charge in [0.1, 0.15) is 6.04 Å². The second-order valence-corrected chi connectivity index (χ2v) is 6.51. The highest BCUT2D eigenvalue weighted by Gasteiger charge is 2.32. The van der Waals surface area contributed by atoms with Gasteiger partial charge in [0.15, 0.2) is 0 Å². The van der Waals surface area contributed by atoms with Gasteiger partial charge in [-0.05, 0) is 18.8 Å². The quantitative estimate of drug-likeness (QED) is 0.600. The Balaban J connectivity index is 4.16. The number of carboxylic acids is 1. The summed E-state index contributed by atoms with van der Waals surface area (Å²) in [5.74, 6) is -1.01. The van der Waals surface area contributed by atoms with Gasteiger partial charge in [0.25, 0.3) is 0 Å². The summed E-state index contributed by atoms with van der Waals surface area (Å²) in [4.78, 5) is 23.0. The number of aliphatic carboxylic acids is 1. The van der Waals surface area contributed by atoms with Gasteiger partial charge in [-0.2, -0.15) is 0 Å². The van der Waals surface area contributed by atoms with Crippen LogP contribution in [0.15, 0.2) is 0 Å². The Labute approximate surface area is 122 Å². The topological polar surface area (TPSA) is 78.4 Å². The average molecular weight is 286 g/mol. The lowest BCUT2D eigenvalue weighted by Gasteiger charge is -2.28. The van der Waals surface area contributed by atoms with Crippen molar-refractivity contribution in [2.75, 3.05) is 0 Å². The van der Waals surface area contributed by atoms with Crippen molar-refractivity contribution in [1.82, 2.24) is 10.6 Å². The third-order valence-electron chi connectivity index (χ3n) is 3.26. The minimum atomic E-state index is -1.01. The molecule has 0 radical (unpaired) electrons. The zero-order valence-corrected chi connectivity index (χ0v) is 13.5. The molecule has 118 valence electrons. The molecule has 0 aromatic heterocycles. The first kappa shape index (κ1) is 18.7. The number of unbranched alkanes of at least 4 members (excludes halogenated alkanes) is 3. The standard InChI is InChI=1S/C15H30N2O3/c1-6-7-8-9-10-11(2)16-14(20)17-12(13(18)19)15(3,4)5/h11-12H,6-10H2,1-5H3,(H,18,19)(H2,16,17,20). The third-order valence-corrected chi connectivity index (χ3v) is 3.26. The van der Waals surface area contributed by atoms with Crippen LogP contribution in [-0.2, 0) is 4.79 Å². The van der Waals surface area contributed by atoms with Gasteiger partial charge in [-0.15, -0.1) is 0 Å². The minimum absolute atomic E-state index is 0.0567. The summed E-state index contributed by atoms with van der Waals surface area (Å²) in [6.07, 6.45) is 5.57. The highest BCUT2D eigenvalue weighted by Crippen LogP contribution is 2.19. The molecule has 0 fully saturated rings. The molecule has 2 amide bonds. The number of rotatable bonds is 8. The van der Waals surface area contributed by atoms with Gasteiger partial charge >= 0.3 is 12.0 Å². The van der Waals surface area contributed by atoms with E-state index < -0.39 is 23.5 Å². The van der Waals surface area contributed by atoms with Crippen LogP contribution in [0.2, 0.25) is 0 Å². The molecule has 2 atom stereocenters. The molecule has 5 nitrogen and oxygen atoms in total. The fourth-order valence-electron chi connectivity index (χ4n) is 1.99. The van der Waals surface area contributed by atoms with E-state index in [0.29, 0.717) is 0 Å². The van der Waals surface area contributed by atoms with Gasteiger partial charge in [-0.1, -0.05) is 53.4 Å². The molecule has 0 aromatic rings. The van der Waals surface area contributed by atoms with E-state index in [2.05, 4.69) is 17.6 Å². The van der Waals surface area contributed by atoms with Crippen molar-refractivity contribution in [1.29, 1.82) is 0 Å². The molecule has 0 aliphatic heterocycles. The van der Waals surface area contributed by atoms with Gasteiger partial charge in [-0.25, -0.2) is 9.59 Å². The summed E-state index contributed by atoms with van der Waals surface area (Å²) in [5.41, 5.74) is -0.520. The van der Waals surface area contributed by atoms with Gasteiger partial charge in [0.05, 0.1) is 0 Å². The number of carboxylic acid groups (broad SMARTS) is 1. The molecule has 0 saturated heterocycles. The van der Waals surface area contributed by atoms with E-state index in [0.717, 1.165) is 12.8 Å². The predicted molar refractivity (Wildman–Crippen MR) is 80.8 cm³/mol. The molecule has 0 spiro atoms. The fraction of sp³-hybridized carbons (Fsp3) is 0.867. The van der Waals surface area contributed by atoms with Gasteiger partial charge in [-0.3, -0.25) is 0 Å². The van der Waals surface area contributed by atoms with Crippen LogP contribution in [0, 0.1) is 5.41 Å². The molecule has 3 N–H and O–H groups in total. The van der Waals surface area contributed by atoms with E-state index in [1.165, 1.54) is 19.3 Å². The Morgan fingerprint density at radius 2 is 1.70 bits per heavy atom. The summed E-state index contributed by atoms with van der Waals surface area (Å²) in [7, 11) is 0. The first-order valence-corrected chi connectivity index (χ1v) is 7.48. The van der Waals surface area contributed by atoms with Gasteiger partial charge < -0.3 is 15.7 Å². The number of amides is 2. The fourth-order valence-corrected chi connectivity index (χ4v) is 1.99. The number of carbonyl (C=O) groups excluding carboxylic acids is 1. The maximum atomic E-state index is 11.8. The third kappa shape index (κ3) is 8.02. The van der Waals surface area contributed by atoms with Crippen molar-refractivity contribution in [3.8, 4) is 0 Å². The Bertz CT molecular complexity index is 311. The summed E-state index contributed by atoms with van der Waals surface area (Å²) in [5, 5.41) is 14.5. The predicted octanol–water partition coefficient (Wildman–Crippen LogP) is 3.14. The van der Waals surface area contributed by atoms with Crippen molar-refractivity contribution in [3.05, 3.63) is 0 Å². The van der Waals surface area contributed by atoms with E-state index >= 15 is 0 Å². The normalized spacial score (nSPS) is 14.4. The number of urea groups is 1. The van der Waals surface area contributed by atoms with E-state index in [-0.39, 0.29) is 6.04 Å². The number of hydrogen-bond acceptors (Lipinski definition) is 2. The highest BCUT2D eigenvalue weighted by atomic mass is 16.4. The SMILES string of the molecule is CCCCCCC(C)NC(=O)NC(C(=O)O)C(C)(C)C. The van der Waals surface area contributed by atoms with E-state index in [9.17, 15) is 9.59 Å². The lowest BCUT2D eigenvalue weighted by atomic mass is 9.87. The zero-order valence-electron chi connectivity index (χ0n) is 13.5. The van der Waals surface area contributed by atoms with E-state index in [1.807, 2.05) is 6.92 Å². The van der Waals surface area contributed by atoms with Crippen LogP contribution in [0.1, 0.15) is 66.7 Å². The molecule has 0 heterocycles. The van der Waals surface area contributed by atoms with Crippen molar-refractivity contribution in [2.45, 2.75) is 78.8 Å². The lowest BCUT2D eigenvalue weighted by Crippen LogP contribution is -2.53. The van der Waals surface area contributed by atoms with E-state index in [4.69, 9.17) is 5.11 Å². The second kappa shape index (κ2) is 8.82. The summed E-state index contributed by atoms with van der Waals surface area (Å²) < 4.78 is 0. The molecule has 5 heteroatoms. The van der Waals surface area contributed by atoms with Crippen molar-refractivity contribution in [3.63, 3.8) is 0 Å². The van der Waals surface area contributed by atoms with E-state index in [1.54, 1.807) is 20.8 Å². The van der Waals surface area contributed by atoms with Crippen LogP contribution in [0.5, 0.6) is 0 Å². The summed E-state index contributed by atoms with van der Waals surface area (Å²) >= 11 is 0. The molecule has 20 heavy (non-hydrogen) atoms. The molecule has 0 aromatic carbocycles. The first-order valence-electron chi connectivity index (χ1n) is 7.48. The van der Waals surface area contributed by atoms with Crippen LogP contribution in [-0.4, -0.2) is 29.2 Å². The molecular formula is C15H30N2O3. The largest absolute Gasteiger partial charge is 0.480 e. The Kier molecular flexibility index (Phi) is 8.26. The molecule has 2 unspecified atom stereocenters. The highest BCUT2D eigenvalue weighted by molar-refractivity contribution is 5.83. The smallest absolute Gasteiger partial charge is 0.326 e. The minimum Gasteiger partial charge on any atom is -0.480 e. The number of hydrogen-bond donors (Lipinski definition) is 3. The zero-order chi connectivity index (χ0) is 15.8. The number of carbonyl (C=O) groups is 2. The number of nitrogens with one attached hydrogen (secondary N) is 2. The molecule has 0 bridgehead atoms. The van der Waals surface area contributed by atoms with Crippen LogP contribution < -0.4 is 10.6 Å². The Morgan fingerprint density at radius 1 is 1.10 bits per heavy atom. The Morgan fingerprint density at radius 3 is 2.15 bits per heavy atom. The van der Waals surface area contributed by atoms with Crippen LogP contribution >= 0.6 is 0 Å². The first-order chi connectivity index (χ1) is 9.18. The average Bonchev–Trinajstić information content (AvgIpc) is 2.30. The van der Waals surface area contributed by atoms with Crippen molar-refractivity contribution < 1.29 is 14.7 Å². The maximum absolute atomic E-state index is 11.8. The van der Waals surface area contributed by atoms with Crippen LogP contribution in [0.4, 0.5) is 4.79 Å². The monoisotopic (exact) mass is 286 g/mol. The lowest BCUT2D eigenvalue weighted by molar-refractivity contribution is -0.141. The molecule has 0 aliphatic carbocycles. The van der Waals surface area contributed by atoms with Gasteiger partial charge in [0, 0.05) is 6.04 Å². The second-order valence-electron chi connectivity index (χ2n) is 6.51. The maximum Gasteiger partial charge on any atom is 0.326 e. The molecular weight excluding hydrogens is 256 g/mol. The van der Waals surface area contributed by atoms with Crippen LogP contribution in [0.25, 0.3) is 0 Å². The Hall–Kier alpha value is -1.26. The van der Waals surface area contributed by atoms with Crippen molar-refractivity contribution >= 4 is 12.0 Å². The van der Waals surface area contributed by atoms with Gasteiger partial charge in [0.2, 0.25) is 0 Å². The molecule has 0 aliphatic rings. The summed E-state index contributed by atoms with van der Waals surface area (Å²) in [6.45, 7) is 9.48. The summed E-state index contributed by atoms with van der Waals surface area (Å²) in [6, 6.07) is -1.24. The molecule has 0 saturated carbocycles. The van der Waals surface area contributed by atoms with Crippen LogP contribution in [0.3, 0.4) is 0 Å². The van der Waals surface area contributed by atoms with Crippen molar-refractivity contribution in [2.24, 2.45) is 5.41 Å². The molecule has 0 rings (SSSR count).